The van der Waals surface area contributed by atoms with Crippen LogP contribution in [0.1, 0.15) is 46.6 Å². The van der Waals surface area contributed by atoms with Crippen molar-refractivity contribution in [2.24, 2.45) is 0 Å². The smallest absolute Gasteiger partial charge is 0.240 e. The molecule has 2 N–H and O–H groups in total. The number of nitrogens with zero attached hydrogens (tertiary/aromatic N) is 2. The van der Waals surface area contributed by atoms with Crippen LogP contribution in [0.4, 0.5) is 0 Å². The van der Waals surface area contributed by atoms with E-state index in [4.69, 9.17) is 9.47 Å². The van der Waals surface area contributed by atoms with Gasteiger partial charge in [0.15, 0.2) is 6.29 Å². The largest absolute Gasteiger partial charge is 0.392 e. The van der Waals surface area contributed by atoms with Gasteiger partial charge in [0.25, 0.3) is 0 Å². The minimum atomic E-state index is -3.60. The second kappa shape index (κ2) is 16.4. The number of benzene rings is 5. The Morgan fingerprint density at radius 3 is 2.00 bits per heavy atom. The zero-order chi connectivity index (χ0) is 35.0. The molecule has 0 bridgehead atoms. The Morgan fingerprint density at radius 1 is 0.647 bits per heavy atom. The second-order valence-corrected chi connectivity index (χ2v) is 15.1. The van der Waals surface area contributed by atoms with Crippen LogP contribution in [0, 0.1) is 0 Å². The Hall–Kier alpha value is -4.19. The Balaban J connectivity index is 1.02. The van der Waals surface area contributed by atoms with Crippen molar-refractivity contribution in [3.63, 3.8) is 0 Å². The standard InChI is InChI=1S/C42H45N3O5S/c46-31-33-14-16-36(17-15-33)41-27-39(30-45-24-22-44(23-25-45)29-32-8-3-1-4-9-32)49-42(50-41)37-20-18-35(19-21-37)38-11-7-10-34(26-38)28-43-51(47,48)40-12-5-2-6-13-40/h1-21,26,39,41-43,46H,22-25,27-31H2/t39-,41+,42+/m0/s1. The van der Waals surface area contributed by atoms with Gasteiger partial charge in [-0.25, -0.2) is 13.1 Å². The predicted octanol–water partition coefficient (Wildman–Crippen LogP) is 6.69. The van der Waals surface area contributed by atoms with Crippen LogP contribution in [0.2, 0.25) is 0 Å². The highest BCUT2D eigenvalue weighted by Gasteiger charge is 2.34. The van der Waals surface area contributed by atoms with E-state index in [2.05, 4.69) is 69.1 Å². The lowest BCUT2D eigenvalue weighted by Gasteiger charge is -2.40. The molecular formula is C42H45N3O5S. The predicted molar refractivity (Wildman–Crippen MR) is 199 cm³/mol. The normalized spacial score (nSPS) is 20.3. The quantitative estimate of drug-likeness (QED) is 0.150. The van der Waals surface area contributed by atoms with E-state index in [0.717, 1.165) is 79.1 Å². The topological polar surface area (TPSA) is 91.3 Å². The van der Waals surface area contributed by atoms with Gasteiger partial charge in [-0.1, -0.05) is 115 Å². The molecular weight excluding hydrogens is 659 g/mol. The lowest BCUT2D eigenvalue weighted by molar-refractivity contribution is -0.253. The molecule has 2 heterocycles. The van der Waals surface area contributed by atoms with E-state index >= 15 is 0 Å². The lowest BCUT2D eigenvalue weighted by atomic mass is 9.99. The molecule has 0 aromatic heterocycles. The maximum Gasteiger partial charge on any atom is 0.240 e. The summed E-state index contributed by atoms with van der Waals surface area (Å²) in [7, 11) is -3.60. The summed E-state index contributed by atoms with van der Waals surface area (Å²) < 4.78 is 41.5. The lowest BCUT2D eigenvalue weighted by Crippen LogP contribution is -2.49. The van der Waals surface area contributed by atoms with Gasteiger partial charge in [-0.2, -0.15) is 0 Å². The molecule has 0 saturated carbocycles. The Bertz CT molecular complexity index is 1950. The summed E-state index contributed by atoms with van der Waals surface area (Å²) in [6, 6.07) is 43.2. The van der Waals surface area contributed by atoms with Crippen molar-refractivity contribution in [3.05, 3.63) is 161 Å². The fourth-order valence-corrected chi connectivity index (χ4v) is 7.89. The third-order valence-corrected chi connectivity index (χ3v) is 11.2. The van der Waals surface area contributed by atoms with Gasteiger partial charge >= 0.3 is 0 Å². The molecule has 5 aromatic carbocycles. The Morgan fingerprint density at radius 2 is 1.29 bits per heavy atom. The van der Waals surface area contributed by atoms with Crippen LogP contribution in [0.15, 0.2) is 138 Å². The van der Waals surface area contributed by atoms with Gasteiger partial charge < -0.3 is 14.6 Å². The molecule has 2 saturated heterocycles. The van der Waals surface area contributed by atoms with Crippen LogP contribution in [-0.4, -0.2) is 62.2 Å². The van der Waals surface area contributed by atoms with Crippen LogP contribution in [0.3, 0.4) is 0 Å². The molecule has 8 nitrogen and oxygen atoms in total. The van der Waals surface area contributed by atoms with Crippen molar-refractivity contribution in [1.29, 1.82) is 0 Å². The average molecular weight is 704 g/mol. The van der Waals surface area contributed by atoms with E-state index in [1.54, 1.807) is 30.3 Å². The minimum absolute atomic E-state index is 0.00890. The first-order valence-corrected chi connectivity index (χ1v) is 19.1. The number of ether oxygens (including phenoxy) is 2. The first-order valence-electron chi connectivity index (χ1n) is 17.6. The highest BCUT2D eigenvalue weighted by atomic mass is 32.2. The number of rotatable bonds is 12. The van der Waals surface area contributed by atoms with E-state index in [9.17, 15) is 13.5 Å². The van der Waals surface area contributed by atoms with E-state index in [1.165, 1.54) is 5.56 Å². The Kier molecular flexibility index (Phi) is 11.4. The van der Waals surface area contributed by atoms with Crippen LogP contribution >= 0.6 is 0 Å². The van der Waals surface area contributed by atoms with Crippen LogP contribution < -0.4 is 4.72 Å². The molecule has 2 fully saturated rings. The number of hydrogen-bond acceptors (Lipinski definition) is 7. The number of aliphatic hydroxyl groups excluding tert-OH is 1. The summed E-state index contributed by atoms with van der Waals surface area (Å²) >= 11 is 0. The van der Waals surface area contributed by atoms with Crippen LogP contribution in [0.25, 0.3) is 11.1 Å². The van der Waals surface area contributed by atoms with E-state index < -0.39 is 16.3 Å². The third-order valence-electron chi connectivity index (χ3n) is 9.75. The van der Waals surface area contributed by atoms with Gasteiger partial charge in [0.1, 0.15) is 0 Å². The van der Waals surface area contributed by atoms with Crippen molar-refractivity contribution in [2.45, 2.75) is 49.5 Å². The molecule has 0 amide bonds. The van der Waals surface area contributed by atoms with Crippen LogP contribution in [-0.2, 0) is 39.2 Å². The van der Waals surface area contributed by atoms with Crippen LogP contribution in [0.5, 0.6) is 0 Å². The summed E-state index contributed by atoms with van der Waals surface area (Å²) in [4.78, 5) is 5.28. The average Bonchev–Trinajstić information content (AvgIpc) is 3.19. The molecule has 0 spiro atoms. The highest BCUT2D eigenvalue weighted by Crippen LogP contribution is 2.39. The van der Waals surface area contributed by atoms with Crippen molar-refractivity contribution in [1.82, 2.24) is 14.5 Å². The highest BCUT2D eigenvalue weighted by molar-refractivity contribution is 7.89. The third kappa shape index (κ3) is 9.19. The first-order chi connectivity index (χ1) is 24.9. The molecule has 3 atom stereocenters. The maximum absolute atomic E-state index is 12.8. The van der Waals surface area contributed by atoms with Gasteiger partial charge in [0, 0.05) is 57.8 Å². The molecule has 9 heteroatoms. The van der Waals surface area contributed by atoms with Gasteiger partial charge in [-0.15, -0.1) is 0 Å². The van der Waals surface area contributed by atoms with Gasteiger partial charge in [-0.3, -0.25) is 9.80 Å². The number of hydrogen-bond donors (Lipinski definition) is 2. The fraction of sp³-hybridized carbons (Fsp3) is 0.286. The molecule has 7 rings (SSSR count). The summed E-state index contributed by atoms with van der Waals surface area (Å²) in [6.07, 6.45) is 0.0660. The summed E-state index contributed by atoms with van der Waals surface area (Å²) in [5, 5.41) is 9.59. The molecule has 0 unspecified atom stereocenters. The van der Waals surface area contributed by atoms with Gasteiger partial charge in [-0.05, 0) is 51.6 Å². The number of nitrogens with one attached hydrogen (secondary N) is 1. The zero-order valence-electron chi connectivity index (χ0n) is 28.7. The zero-order valence-corrected chi connectivity index (χ0v) is 29.5. The maximum atomic E-state index is 12.8. The molecule has 264 valence electrons. The minimum Gasteiger partial charge on any atom is -0.392 e. The number of sulfonamides is 1. The fourth-order valence-electron chi connectivity index (χ4n) is 6.85. The molecule has 2 aliphatic rings. The summed E-state index contributed by atoms with van der Waals surface area (Å²) in [6.45, 7) is 6.05. The molecule has 51 heavy (non-hydrogen) atoms. The monoisotopic (exact) mass is 703 g/mol. The summed E-state index contributed by atoms with van der Waals surface area (Å²) in [5.74, 6) is 0. The molecule has 5 aromatic rings. The van der Waals surface area contributed by atoms with Crippen molar-refractivity contribution >= 4 is 10.0 Å². The van der Waals surface area contributed by atoms with E-state index in [-0.39, 0.29) is 30.3 Å². The van der Waals surface area contributed by atoms with Gasteiger partial charge in [0.2, 0.25) is 10.0 Å². The molecule has 0 aliphatic carbocycles. The molecule has 2 aliphatic heterocycles. The van der Waals surface area contributed by atoms with E-state index in [1.807, 2.05) is 48.5 Å². The molecule has 0 radical (unpaired) electrons. The van der Waals surface area contributed by atoms with Crippen molar-refractivity contribution in [3.8, 4) is 11.1 Å². The Labute approximate surface area is 301 Å². The number of piperazine rings is 1. The van der Waals surface area contributed by atoms with Crippen molar-refractivity contribution in [2.75, 3.05) is 32.7 Å². The number of aliphatic hydroxyl groups is 1. The van der Waals surface area contributed by atoms with E-state index in [0.29, 0.717) is 0 Å². The van der Waals surface area contributed by atoms with Gasteiger partial charge in [0.05, 0.1) is 23.7 Å². The first kappa shape index (κ1) is 35.2. The van der Waals surface area contributed by atoms with Crippen molar-refractivity contribution < 1.29 is 23.0 Å². The second-order valence-electron chi connectivity index (χ2n) is 13.4. The summed E-state index contributed by atoms with van der Waals surface area (Å²) in [5.41, 5.74) is 7.13. The SMILES string of the molecule is O=S(=O)(NCc1cccc(-c2ccc([C@@H]3O[C@H](CN4CCN(Cc5ccccc5)CC4)C[C@H](c4ccc(CO)cc4)O3)cc2)c1)c1ccccc1.